The molecule has 2 aromatic rings. The van der Waals surface area contributed by atoms with Gasteiger partial charge in [-0.05, 0) is 42.8 Å². The van der Waals surface area contributed by atoms with Gasteiger partial charge in [-0.25, -0.2) is 9.37 Å². The van der Waals surface area contributed by atoms with Gasteiger partial charge in [-0.1, -0.05) is 19.4 Å². The average molecular weight is 315 g/mol. The van der Waals surface area contributed by atoms with Crippen LogP contribution in [0.3, 0.4) is 0 Å². The Kier molecular flexibility index (Phi) is 5.80. The van der Waals surface area contributed by atoms with Gasteiger partial charge >= 0.3 is 0 Å². The highest BCUT2D eigenvalue weighted by atomic mass is 19.1. The minimum Gasteiger partial charge on any atom is -0.351 e. The summed E-state index contributed by atoms with van der Waals surface area (Å²) in [4.78, 5) is 28.1. The smallest absolute Gasteiger partial charge is 0.274 e. The fourth-order valence-electron chi connectivity index (χ4n) is 1.89. The third-order valence-electron chi connectivity index (χ3n) is 3.13. The van der Waals surface area contributed by atoms with Crippen LogP contribution in [0.5, 0.6) is 0 Å². The zero-order chi connectivity index (χ0) is 16.7. The Balaban J connectivity index is 2.04. The summed E-state index contributed by atoms with van der Waals surface area (Å²) in [5.74, 6) is -1.15. The van der Waals surface area contributed by atoms with Gasteiger partial charge in [0.15, 0.2) is 0 Å². The van der Waals surface area contributed by atoms with E-state index in [1.807, 2.05) is 6.92 Å². The lowest BCUT2D eigenvalue weighted by Gasteiger charge is -2.07. The van der Waals surface area contributed by atoms with Crippen LogP contribution in [-0.4, -0.2) is 23.3 Å². The van der Waals surface area contributed by atoms with Crippen molar-refractivity contribution in [3.8, 4) is 0 Å². The molecular weight excluding hydrogens is 297 g/mol. The van der Waals surface area contributed by atoms with Gasteiger partial charge in [0.2, 0.25) is 0 Å². The summed E-state index contributed by atoms with van der Waals surface area (Å²) in [6, 6.07) is 10.1. The number of carbonyl (C=O) groups is 2. The third-order valence-corrected chi connectivity index (χ3v) is 3.13. The van der Waals surface area contributed by atoms with Gasteiger partial charge in [-0.3, -0.25) is 9.59 Å². The summed E-state index contributed by atoms with van der Waals surface area (Å²) < 4.78 is 12.8. The molecule has 0 spiro atoms. The van der Waals surface area contributed by atoms with Crippen molar-refractivity contribution < 1.29 is 14.0 Å². The van der Waals surface area contributed by atoms with Crippen LogP contribution >= 0.6 is 0 Å². The van der Waals surface area contributed by atoms with Gasteiger partial charge in [0, 0.05) is 12.2 Å². The van der Waals surface area contributed by atoms with Crippen molar-refractivity contribution in [1.29, 1.82) is 0 Å². The van der Waals surface area contributed by atoms with E-state index < -0.39 is 5.91 Å². The molecule has 6 heteroatoms. The minimum atomic E-state index is -0.459. The number of benzene rings is 1. The van der Waals surface area contributed by atoms with Gasteiger partial charge in [0.1, 0.15) is 17.2 Å². The summed E-state index contributed by atoms with van der Waals surface area (Å²) >= 11 is 0. The van der Waals surface area contributed by atoms with E-state index in [0.717, 1.165) is 12.8 Å². The predicted octanol–water partition coefficient (Wildman–Crippen LogP) is 3.00. The number of hydrogen-bond acceptors (Lipinski definition) is 3. The molecule has 1 aromatic heterocycles. The van der Waals surface area contributed by atoms with Crippen LogP contribution in [0.2, 0.25) is 0 Å². The third kappa shape index (κ3) is 4.88. The zero-order valence-electron chi connectivity index (χ0n) is 12.8. The van der Waals surface area contributed by atoms with E-state index in [2.05, 4.69) is 15.6 Å². The summed E-state index contributed by atoms with van der Waals surface area (Å²) in [5, 5.41) is 5.35. The number of nitrogens with zero attached hydrogens (tertiary/aromatic N) is 1. The molecule has 0 aliphatic heterocycles. The molecule has 23 heavy (non-hydrogen) atoms. The molecule has 1 heterocycles. The Morgan fingerprint density at radius 3 is 2.35 bits per heavy atom. The largest absolute Gasteiger partial charge is 0.351 e. The Morgan fingerprint density at radius 1 is 1.04 bits per heavy atom. The highest BCUT2D eigenvalue weighted by molar-refractivity contribution is 6.03. The van der Waals surface area contributed by atoms with E-state index in [1.54, 1.807) is 12.1 Å². The number of rotatable bonds is 6. The molecule has 0 saturated heterocycles. The molecule has 0 aliphatic rings. The van der Waals surface area contributed by atoms with E-state index in [9.17, 15) is 14.0 Å². The van der Waals surface area contributed by atoms with Gasteiger partial charge in [-0.15, -0.1) is 0 Å². The fraction of sp³-hybridized carbons (Fsp3) is 0.235. The number of halogens is 1. The summed E-state index contributed by atoms with van der Waals surface area (Å²) in [5.41, 5.74) is 0.765. The zero-order valence-corrected chi connectivity index (χ0v) is 12.8. The number of amides is 2. The van der Waals surface area contributed by atoms with E-state index in [0.29, 0.717) is 12.2 Å². The molecule has 0 saturated carbocycles. The van der Waals surface area contributed by atoms with Crippen molar-refractivity contribution in [3.05, 3.63) is 59.7 Å². The van der Waals surface area contributed by atoms with Crippen LogP contribution in [0, 0.1) is 5.82 Å². The van der Waals surface area contributed by atoms with Gasteiger partial charge in [0.25, 0.3) is 11.8 Å². The van der Waals surface area contributed by atoms with Crippen molar-refractivity contribution in [3.63, 3.8) is 0 Å². The summed E-state index contributed by atoms with van der Waals surface area (Å²) in [6.07, 6.45) is 1.87. The van der Waals surface area contributed by atoms with Crippen molar-refractivity contribution >= 4 is 17.5 Å². The fourth-order valence-corrected chi connectivity index (χ4v) is 1.89. The van der Waals surface area contributed by atoms with E-state index in [-0.39, 0.29) is 23.1 Å². The van der Waals surface area contributed by atoms with Gasteiger partial charge in [-0.2, -0.15) is 0 Å². The second-order valence-corrected chi connectivity index (χ2v) is 4.98. The molecule has 0 atom stereocenters. The maximum Gasteiger partial charge on any atom is 0.274 e. The first kappa shape index (κ1) is 16.6. The quantitative estimate of drug-likeness (QED) is 0.805. The first-order valence-corrected chi connectivity index (χ1v) is 7.42. The first-order chi connectivity index (χ1) is 11.1. The molecule has 120 valence electrons. The standard InChI is InChI=1S/C17H18FN3O2/c1-2-3-11-19-16(22)14-5-4-6-15(21-14)17(23)20-13-9-7-12(18)8-10-13/h4-10H,2-3,11H2,1H3,(H,19,22)(H,20,23). The number of pyridine rings is 1. The summed E-state index contributed by atoms with van der Waals surface area (Å²) in [7, 11) is 0. The van der Waals surface area contributed by atoms with Crippen LogP contribution < -0.4 is 10.6 Å². The summed E-state index contributed by atoms with van der Waals surface area (Å²) in [6.45, 7) is 2.60. The molecule has 2 amide bonds. The van der Waals surface area contributed by atoms with E-state index >= 15 is 0 Å². The minimum absolute atomic E-state index is 0.123. The predicted molar refractivity (Wildman–Crippen MR) is 85.8 cm³/mol. The highest BCUT2D eigenvalue weighted by Crippen LogP contribution is 2.10. The SMILES string of the molecule is CCCCNC(=O)c1cccc(C(=O)Nc2ccc(F)cc2)n1. The Bertz CT molecular complexity index is 686. The lowest BCUT2D eigenvalue weighted by atomic mass is 10.2. The molecule has 1 aromatic carbocycles. The molecule has 0 unspecified atom stereocenters. The number of aromatic nitrogens is 1. The van der Waals surface area contributed by atoms with Crippen LogP contribution in [0.15, 0.2) is 42.5 Å². The Labute approximate surface area is 133 Å². The molecule has 5 nitrogen and oxygen atoms in total. The van der Waals surface area contributed by atoms with E-state index in [4.69, 9.17) is 0 Å². The topological polar surface area (TPSA) is 71.1 Å². The molecule has 0 fully saturated rings. The molecule has 0 radical (unpaired) electrons. The lowest BCUT2D eigenvalue weighted by molar-refractivity contribution is 0.0948. The second kappa shape index (κ2) is 8.03. The molecule has 2 N–H and O–H groups in total. The number of anilines is 1. The molecule has 2 rings (SSSR count). The number of unbranched alkanes of at least 4 members (excludes halogenated alkanes) is 1. The van der Waals surface area contributed by atoms with Crippen LogP contribution in [0.25, 0.3) is 0 Å². The van der Waals surface area contributed by atoms with Gasteiger partial charge < -0.3 is 10.6 Å². The van der Waals surface area contributed by atoms with Crippen LogP contribution in [0.1, 0.15) is 40.7 Å². The van der Waals surface area contributed by atoms with Crippen molar-refractivity contribution in [2.45, 2.75) is 19.8 Å². The number of nitrogens with one attached hydrogen (secondary N) is 2. The molecule has 0 bridgehead atoms. The van der Waals surface area contributed by atoms with Crippen LogP contribution in [0.4, 0.5) is 10.1 Å². The normalized spacial score (nSPS) is 10.2. The van der Waals surface area contributed by atoms with Crippen molar-refractivity contribution in [2.75, 3.05) is 11.9 Å². The highest BCUT2D eigenvalue weighted by Gasteiger charge is 2.12. The Morgan fingerprint density at radius 2 is 1.70 bits per heavy atom. The monoisotopic (exact) mass is 315 g/mol. The first-order valence-electron chi connectivity index (χ1n) is 7.42. The number of hydrogen-bond donors (Lipinski definition) is 2. The molecular formula is C17H18FN3O2. The molecule has 0 aliphatic carbocycles. The maximum atomic E-state index is 12.8. The van der Waals surface area contributed by atoms with Crippen molar-refractivity contribution in [1.82, 2.24) is 10.3 Å². The number of carbonyl (C=O) groups excluding carboxylic acids is 2. The Hall–Kier alpha value is -2.76. The van der Waals surface area contributed by atoms with Crippen LogP contribution in [-0.2, 0) is 0 Å². The maximum absolute atomic E-state index is 12.8. The second-order valence-electron chi connectivity index (χ2n) is 4.98. The van der Waals surface area contributed by atoms with Gasteiger partial charge in [0.05, 0.1) is 0 Å². The van der Waals surface area contributed by atoms with E-state index in [1.165, 1.54) is 30.3 Å². The average Bonchev–Trinajstić information content (AvgIpc) is 2.57. The lowest BCUT2D eigenvalue weighted by Crippen LogP contribution is -2.26. The van der Waals surface area contributed by atoms with Crippen molar-refractivity contribution in [2.24, 2.45) is 0 Å².